The Hall–Kier alpha value is -2.09. The van der Waals surface area contributed by atoms with Crippen molar-refractivity contribution in [2.24, 2.45) is 0 Å². The van der Waals surface area contributed by atoms with Crippen LogP contribution in [0.3, 0.4) is 0 Å². The number of aromatic nitrogens is 4. The maximum atomic E-state index is 6.27. The molecule has 27 heavy (non-hydrogen) atoms. The van der Waals surface area contributed by atoms with Crippen molar-refractivity contribution in [3.63, 3.8) is 0 Å². The van der Waals surface area contributed by atoms with Gasteiger partial charge in [0.2, 0.25) is 5.16 Å². The Labute approximate surface area is 168 Å². The smallest absolute Gasteiger partial charge is 0.214 e. The highest BCUT2D eigenvalue weighted by Crippen LogP contribution is 2.25. The predicted octanol–water partition coefficient (Wildman–Crippen LogP) is 3.99. The molecule has 1 N–H and O–H groups in total. The number of halogens is 1. The summed E-state index contributed by atoms with van der Waals surface area (Å²) < 4.78 is 7.35. The molecule has 0 unspecified atom stereocenters. The normalized spacial score (nSPS) is 10.9. The summed E-state index contributed by atoms with van der Waals surface area (Å²) >= 11 is 7.88. The molecule has 142 valence electrons. The molecule has 0 aliphatic heterocycles. The van der Waals surface area contributed by atoms with E-state index in [2.05, 4.69) is 27.8 Å². The SMILES string of the molecule is CCCOc1ccc(CNCCSc2nnnn2-c2ccccc2)cc1Cl. The Bertz CT molecular complexity index is 843. The molecule has 6 nitrogen and oxygen atoms in total. The van der Waals surface area contributed by atoms with Crippen LogP contribution >= 0.6 is 23.4 Å². The highest BCUT2D eigenvalue weighted by atomic mass is 35.5. The number of tetrazole rings is 1. The van der Waals surface area contributed by atoms with Crippen molar-refractivity contribution in [2.75, 3.05) is 18.9 Å². The third-order valence-electron chi connectivity index (χ3n) is 3.74. The third-order valence-corrected chi connectivity index (χ3v) is 4.96. The average molecular weight is 404 g/mol. The number of rotatable bonds is 10. The Balaban J connectivity index is 1.44. The zero-order valence-corrected chi connectivity index (χ0v) is 16.7. The first-order valence-corrected chi connectivity index (χ1v) is 10.2. The maximum Gasteiger partial charge on any atom is 0.214 e. The first kappa shape index (κ1) is 19.7. The Morgan fingerprint density at radius 1 is 1.19 bits per heavy atom. The molecule has 0 bridgehead atoms. The molecule has 3 aromatic rings. The first-order valence-electron chi connectivity index (χ1n) is 8.86. The molecule has 0 radical (unpaired) electrons. The van der Waals surface area contributed by atoms with Crippen molar-refractivity contribution in [1.82, 2.24) is 25.5 Å². The van der Waals surface area contributed by atoms with Gasteiger partial charge < -0.3 is 10.1 Å². The number of nitrogens with zero attached hydrogens (tertiary/aromatic N) is 4. The van der Waals surface area contributed by atoms with E-state index in [1.165, 1.54) is 0 Å². The average Bonchev–Trinajstić information content (AvgIpc) is 3.16. The second-order valence-electron chi connectivity index (χ2n) is 5.85. The van der Waals surface area contributed by atoms with Gasteiger partial charge in [-0.1, -0.05) is 54.6 Å². The number of para-hydroxylation sites is 1. The van der Waals surface area contributed by atoms with Crippen LogP contribution in [0.25, 0.3) is 5.69 Å². The minimum absolute atomic E-state index is 0.652. The fraction of sp³-hybridized carbons (Fsp3) is 0.316. The lowest BCUT2D eigenvalue weighted by Gasteiger charge is -2.09. The summed E-state index contributed by atoms with van der Waals surface area (Å²) in [7, 11) is 0. The number of nitrogens with one attached hydrogen (secondary N) is 1. The van der Waals surface area contributed by atoms with Crippen LogP contribution in [0.4, 0.5) is 0 Å². The van der Waals surface area contributed by atoms with E-state index in [4.69, 9.17) is 16.3 Å². The second kappa shape index (κ2) is 10.3. The zero-order chi connectivity index (χ0) is 18.9. The number of hydrogen-bond acceptors (Lipinski definition) is 6. The molecule has 0 fully saturated rings. The van der Waals surface area contributed by atoms with Crippen LogP contribution in [0, 0.1) is 0 Å². The molecule has 1 heterocycles. The highest BCUT2D eigenvalue weighted by molar-refractivity contribution is 7.99. The number of benzene rings is 2. The van der Waals surface area contributed by atoms with Crippen molar-refractivity contribution in [3.8, 4) is 11.4 Å². The number of thioether (sulfide) groups is 1. The van der Waals surface area contributed by atoms with Gasteiger partial charge >= 0.3 is 0 Å². The summed E-state index contributed by atoms with van der Waals surface area (Å²) in [5, 5.41) is 16.8. The van der Waals surface area contributed by atoms with Crippen LogP contribution in [0.1, 0.15) is 18.9 Å². The Morgan fingerprint density at radius 2 is 2.04 bits per heavy atom. The van der Waals surface area contributed by atoms with Crippen LogP contribution in [0.2, 0.25) is 5.02 Å². The van der Waals surface area contributed by atoms with Crippen molar-refractivity contribution >= 4 is 23.4 Å². The molecule has 0 saturated heterocycles. The monoisotopic (exact) mass is 403 g/mol. The van der Waals surface area contributed by atoms with E-state index < -0.39 is 0 Å². The Kier molecular flexibility index (Phi) is 7.50. The molecular formula is C19H22ClN5OS. The van der Waals surface area contributed by atoms with Gasteiger partial charge in [-0.2, -0.15) is 4.68 Å². The van der Waals surface area contributed by atoms with E-state index >= 15 is 0 Å². The lowest BCUT2D eigenvalue weighted by atomic mass is 10.2. The lowest BCUT2D eigenvalue weighted by molar-refractivity contribution is 0.317. The van der Waals surface area contributed by atoms with E-state index in [0.717, 1.165) is 47.4 Å². The van der Waals surface area contributed by atoms with Gasteiger partial charge in [0, 0.05) is 18.8 Å². The summed E-state index contributed by atoms with van der Waals surface area (Å²) in [6.07, 6.45) is 0.963. The highest BCUT2D eigenvalue weighted by Gasteiger charge is 2.08. The minimum atomic E-state index is 0.652. The molecule has 2 aromatic carbocycles. The van der Waals surface area contributed by atoms with Gasteiger partial charge in [-0.15, -0.1) is 5.10 Å². The van der Waals surface area contributed by atoms with Crippen LogP contribution in [0.15, 0.2) is 53.7 Å². The topological polar surface area (TPSA) is 64.9 Å². The Morgan fingerprint density at radius 3 is 2.81 bits per heavy atom. The standard InChI is InChI=1S/C19H22ClN5OS/c1-2-11-26-18-9-8-15(13-17(18)20)14-21-10-12-27-19-22-23-24-25(19)16-6-4-3-5-7-16/h3-9,13,21H,2,10-12,14H2,1H3. The summed E-state index contributed by atoms with van der Waals surface area (Å²) in [6.45, 7) is 4.33. The van der Waals surface area contributed by atoms with Gasteiger partial charge in [0.05, 0.1) is 17.3 Å². The number of hydrogen-bond donors (Lipinski definition) is 1. The van der Waals surface area contributed by atoms with Gasteiger partial charge in [-0.3, -0.25) is 0 Å². The first-order chi connectivity index (χ1) is 13.3. The summed E-state index contributed by atoms with van der Waals surface area (Å²) in [5.41, 5.74) is 2.08. The van der Waals surface area contributed by atoms with E-state index in [0.29, 0.717) is 11.6 Å². The quantitative estimate of drug-likeness (QED) is 0.408. The summed E-state index contributed by atoms with van der Waals surface area (Å²) in [6, 6.07) is 15.8. The lowest BCUT2D eigenvalue weighted by Crippen LogP contribution is -2.16. The van der Waals surface area contributed by atoms with Crippen LogP contribution in [-0.4, -0.2) is 39.1 Å². The zero-order valence-electron chi connectivity index (χ0n) is 15.1. The molecular weight excluding hydrogens is 382 g/mol. The van der Waals surface area contributed by atoms with Crippen molar-refractivity contribution in [1.29, 1.82) is 0 Å². The van der Waals surface area contributed by atoms with Gasteiger partial charge in [-0.05, 0) is 46.7 Å². The van der Waals surface area contributed by atoms with Gasteiger partial charge in [0.15, 0.2) is 0 Å². The molecule has 0 aliphatic rings. The van der Waals surface area contributed by atoms with Crippen LogP contribution < -0.4 is 10.1 Å². The molecule has 0 amide bonds. The molecule has 0 saturated carbocycles. The van der Waals surface area contributed by atoms with E-state index in [1.807, 2.05) is 48.5 Å². The largest absolute Gasteiger partial charge is 0.492 e. The third kappa shape index (κ3) is 5.69. The molecule has 0 atom stereocenters. The van der Waals surface area contributed by atoms with Gasteiger partial charge in [-0.25, -0.2) is 0 Å². The molecule has 0 aliphatic carbocycles. The van der Waals surface area contributed by atoms with Crippen LogP contribution in [-0.2, 0) is 6.54 Å². The van der Waals surface area contributed by atoms with Crippen LogP contribution in [0.5, 0.6) is 5.75 Å². The van der Waals surface area contributed by atoms with Crippen molar-refractivity contribution in [2.45, 2.75) is 25.0 Å². The van der Waals surface area contributed by atoms with Crippen molar-refractivity contribution in [3.05, 3.63) is 59.1 Å². The summed E-state index contributed by atoms with van der Waals surface area (Å²) in [5.74, 6) is 1.60. The summed E-state index contributed by atoms with van der Waals surface area (Å²) in [4.78, 5) is 0. The van der Waals surface area contributed by atoms with Crippen molar-refractivity contribution < 1.29 is 4.74 Å². The van der Waals surface area contributed by atoms with E-state index in [9.17, 15) is 0 Å². The predicted molar refractivity (Wildman–Crippen MR) is 109 cm³/mol. The fourth-order valence-corrected chi connectivity index (χ4v) is 3.48. The number of ether oxygens (including phenoxy) is 1. The second-order valence-corrected chi connectivity index (χ2v) is 7.32. The maximum absolute atomic E-state index is 6.27. The molecule has 8 heteroatoms. The molecule has 0 spiro atoms. The fourth-order valence-electron chi connectivity index (χ4n) is 2.43. The molecule has 1 aromatic heterocycles. The van der Waals surface area contributed by atoms with Gasteiger partial charge in [0.25, 0.3) is 0 Å². The van der Waals surface area contributed by atoms with E-state index in [1.54, 1.807) is 16.4 Å². The van der Waals surface area contributed by atoms with E-state index in [-0.39, 0.29) is 0 Å². The molecule has 3 rings (SSSR count). The van der Waals surface area contributed by atoms with Gasteiger partial charge in [0.1, 0.15) is 5.75 Å². The minimum Gasteiger partial charge on any atom is -0.492 e.